The zero-order chi connectivity index (χ0) is 18.2. The minimum absolute atomic E-state index is 0.406. The Hall–Kier alpha value is -2.69. The summed E-state index contributed by atoms with van der Waals surface area (Å²) in [7, 11) is 1.68. The lowest BCUT2D eigenvalue weighted by molar-refractivity contribution is 0.414. The minimum atomic E-state index is 0.406. The van der Waals surface area contributed by atoms with E-state index in [2.05, 4.69) is 64.9 Å². The summed E-state index contributed by atoms with van der Waals surface area (Å²) in [6.45, 7) is 5.66. The van der Waals surface area contributed by atoms with Crippen LogP contribution in [0.3, 0.4) is 0 Å². The third-order valence-electron chi connectivity index (χ3n) is 4.57. The maximum absolute atomic E-state index is 5.20. The second kappa shape index (κ2) is 9.13. The molecular formula is C21H28N4O. The van der Waals surface area contributed by atoms with Crippen LogP contribution in [-0.2, 0) is 6.54 Å². The average molecular weight is 352 g/mol. The molecule has 0 bridgehead atoms. The molecule has 1 atom stereocenters. The average Bonchev–Trinajstić information content (AvgIpc) is 3.16. The van der Waals surface area contributed by atoms with Gasteiger partial charge in [-0.2, -0.15) is 0 Å². The molecule has 0 saturated carbocycles. The van der Waals surface area contributed by atoms with E-state index in [-0.39, 0.29) is 0 Å². The summed E-state index contributed by atoms with van der Waals surface area (Å²) in [6.07, 6.45) is 1.11. The van der Waals surface area contributed by atoms with Crippen LogP contribution < -0.4 is 20.3 Å². The molecule has 0 aromatic heterocycles. The summed E-state index contributed by atoms with van der Waals surface area (Å²) in [5.41, 5.74) is 2.46. The van der Waals surface area contributed by atoms with Gasteiger partial charge in [0.05, 0.1) is 13.7 Å². The SMILES string of the molecule is CCNC(=NCc1ccc(OC)cc1)NC1CCN(c2ccccc2)C1. The molecule has 3 rings (SSSR count). The van der Waals surface area contributed by atoms with Crippen LogP contribution >= 0.6 is 0 Å². The van der Waals surface area contributed by atoms with Gasteiger partial charge >= 0.3 is 0 Å². The van der Waals surface area contributed by atoms with E-state index in [1.807, 2.05) is 12.1 Å². The van der Waals surface area contributed by atoms with Crippen molar-refractivity contribution in [2.24, 2.45) is 4.99 Å². The highest BCUT2D eigenvalue weighted by Gasteiger charge is 2.23. The second-order valence-electron chi connectivity index (χ2n) is 6.45. The largest absolute Gasteiger partial charge is 0.497 e. The number of aliphatic imine (C=N–C) groups is 1. The van der Waals surface area contributed by atoms with E-state index in [1.54, 1.807) is 7.11 Å². The molecule has 0 aliphatic carbocycles. The predicted molar refractivity (Wildman–Crippen MR) is 108 cm³/mol. The van der Waals surface area contributed by atoms with Crippen molar-refractivity contribution in [3.8, 4) is 5.75 Å². The smallest absolute Gasteiger partial charge is 0.191 e. The fourth-order valence-corrected chi connectivity index (χ4v) is 3.17. The van der Waals surface area contributed by atoms with Gasteiger partial charge in [0.15, 0.2) is 5.96 Å². The number of para-hydroxylation sites is 1. The van der Waals surface area contributed by atoms with Crippen LogP contribution in [0, 0.1) is 0 Å². The van der Waals surface area contributed by atoms with E-state index in [9.17, 15) is 0 Å². The van der Waals surface area contributed by atoms with E-state index < -0.39 is 0 Å². The first-order valence-corrected chi connectivity index (χ1v) is 9.26. The highest BCUT2D eigenvalue weighted by Crippen LogP contribution is 2.19. The van der Waals surface area contributed by atoms with Crippen molar-refractivity contribution in [3.05, 3.63) is 60.2 Å². The molecule has 1 heterocycles. The topological polar surface area (TPSA) is 48.9 Å². The number of benzene rings is 2. The molecule has 0 amide bonds. The van der Waals surface area contributed by atoms with Crippen LogP contribution in [0.5, 0.6) is 5.75 Å². The standard InChI is InChI=1S/C21H28N4O/c1-3-22-21(23-15-17-9-11-20(26-2)12-10-17)24-18-13-14-25(16-18)19-7-5-4-6-8-19/h4-12,18H,3,13-16H2,1-2H3,(H2,22,23,24). The molecule has 5 heteroatoms. The molecule has 2 N–H and O–H groups in total. The number of rotatable bonds is 6. The lowest BCUT2D eigenvalue weighted by atomic mass is 10.2. The number of nitrogens with zero attached hydrogens (tertiary/aromatic N) is 2. The number of nitrogens with one attached hydrogen (secondary N) is 2. The van der Waals surface area contributed by atoms with E-state index in [4.69, 9.17) is 9.73 Å². The van der Waals surface area contributed by atoms with Gasteiger partial charge < -0.3 is 20.3 Å². The fourth-order valence-electron chi connectivity index (χ4n) is 3.17. The summed E-state index contributed by atoms with van der Waals surface area (Å²) < 4.78 is 5.20. The summed E-state index contributed by atoms with van der Waals surface area (Å²) >= 11 is 0. The van der Waals surface area contributed by atoms with Crippen molar-refractivity contribution in [1.82, 2.24) is 10.6 Å². The predicted octanol–water partition coefficient (Wildman–Crippen LogP) is 3.03. The third-order valence-corrected chi connectivity index (χ3v) is 4.57. The van der Waals surface area contributed by atoms with E-state index in [1.165, 1.54) is 11.3 Å². The molecule has 1 fully saturated rings. The van der Waals surface area contributed by atoms with Gasteiger partial charge in [-0.15, -0.1) is 0 Å². The van der Waals surface area contributed by atoms with Crippen molar-refractivity contribution in [2.45, 2.75) is 25.9 Å². The van der Waals surface area contributed by atoms with Crippen molar-refractivity contribution < 1.29 is 4.74 Å². The van der Waals surface area contributed by atoms with Gasteiger partial charge in [-0.1, -0.05) is 30.3 Å². The minimum Gasteiger partial charge on any atom is -0.497 e. The maximum Gasteiger partial charge on any atom is 0.191 e. The molecule has 2 aromatic rings. The number of hydrogen-bond acceptors (Lipinski definition) is 3. The number of guanidine groups is 1. The maximum atomic E-state index is 5.20. The monoisotopic (exact) mass is 352 g/mol. The zero-order valence-corrected chi connectivity index (χ0v) is 15.6. The van der Waals surface area contributed by atoms with Crippen molar-refractivity contribution in [2.75, 3.05) is 31.6 Å². The summed E-state index contributed by atoms with van der Waals surface area (Å²) in [4.78, 5) is 7.16. The van der Waals surface area contributed by atoms with Crippen LogP contribution in [0.1, 0.15) is 18.9 Å². The normalized spacial score (nSPS) is 17.2. The Balaban J connectivity index is 1.57. The van der Waals surface area contributed by atoms with Gasteiger partial charge in [0.1, 0.15) is 5.75 Å². The van der Waals surface area contributed by atoms with Crippen molar-refractivity contribution in [1.29, 1.82) is 0 Å². The molecule has 5 nitrogen and oxygen atoms in total. The molecule has 0 spiro atoms. The molecule has 26 heavy (non-hydrogen) atoms. The van der Waals surface area contributed by atoms with Gasteiger partial charge in [0.2, 0.25) is 0 Å². The van der Waals surface area contributed by atoms with E-state index in [0.717, 1.165) is 37.8 Å². The van der Waals surface area contributed by atoms with Gasteiger partial charge in [0, 0.05) is 31.4 Å². The highest BCUT2D eigenvalue weighted by atomic mass is 16.5. The Morgan fingerprint density at radius 1 is 1.15 bits per heavy atom. The molecule has 1 saturated heterocycles. The molecule has 1 unspecified atom stereocenters. The van der Waals surface area contributed by atoms with Crippen LogP contribution in [0.15, 0.2) is 59.6 Å². The van der Waals surface area contributed by atoms with Gasteiger partial charge in [-0.05, 0) is 43.2 Å². The molecule has 2 aromatic carbocycles. The quantitative estimate of drug-likeness (QED) is 0.620. The molecule has 138 valence electrons. The molecule has 1 aliphatic rings. The van der Waals surface area contributed by atoms with Crippen LogP contribution in [0.4, 0.5) is 5.69 Å². The lowest BCUT2D eigenvalue weighted by Gasteiger charge is -2.20. The Bertz CT molecular complexity index is 700. The zero-order valence-electron chi connectivity index (χ0n) is 15.6. The van der Waals surface area contributed by atoms with Gasteiger partial charge in [-0.3, -0.25) is 0 Å². The summed E-state index contributed by atoms with van der Waals surface area (Å²) in [5, 5.41) is 6.93. The van der Waals surface area contributed by atoms with Crippen LogP contribution in [-0.4, -0.2) is 38.7 Å². The Kier molecular flexibility index (Phi) is 6.36. The highest BCUT2D eigenvalue weighted by molar-refractivity contribution is 5.80. The summed E-state index contributed by atoms with van der Waals surface area (Å²) in [5.74, 6) is 1.75. The second-order valence-corrected chi connectivity index (χ2v) is 6.45. The molecule has 1 aliphatic heterocycles. The van der Waals surface area contributed by atoms with Gasteiger partial charge in [0.25, 0.3) is 0 Å². The molecular weight excluding hydrogens is 324 g/mol. The fraction of sp³-hybridized carbons (Fsp3) is 0.381. The first-order chi connectivity index (χ1) is 12.8. The van der Waals surface area contributed by atoms with Crippen LogP contribution in [0.25, 0.3) is 0 Å². The third kappa shape index (κ3) is 4.91. The number of ether oxygens (including phenoxy) is 1. The lowest BCUT2D eigenvalue weighted by Crippen LogP contribution is -2.44. The van der Waals surface area contributed by atoms with Crippen molar-refractivity contribution in [3.63, 3.8) is 0 Å². The Morgan fingerprint density at radius 2 is 1.92 bits per heavy atom. The Morgan fingerprint density at radius 3 is 2.62 bits per heavy atom. The number of anilines is 1. The number of hydrogen-bond donors (Lipinski definition) is 2. The first-order valence-electron chi connectivity index (χ1n) is 9.26. The van der Waals surface area contributed by atoms with Crippen LogP contribution in [0.2, 0.25) is 0 Å². The Labute approximate surface area is 156 Å². The van der Waals surface area contributed by atoms with Crippen molar-refractivity contribution >= 4 is 11.6 Å². The molecule has 0 radical (unpaired) electrons. The number of methoxy groups -OCH3 is 1. The van der Waals surface area contributed by atoms with E-state index >= 15 is 0 Å². The van der Waals surface area contributed by atoms with E-state index in [0.29, 0.717) is 12.6 Å². The summed E-state index contributed by atoms with van der Waals surface area (Å²) in [6, 6.07) is 19.1. The van der Waals surface area contributed by atoms with Gasteiger partial charge in [-0.25, -0.2) is 4.99 Å². The first kappa shape index (κ1) is 18.1.